The van der Waals surface area contributed by atoms with Crippen molar-refractivity contribution in [3.8, 4) is 0 Å². The highest BCUT2D eigenvalue weighted by Crippen LogP contribution is 2.28. The highest BCUT2D eigenvalue weighted by molar-refractivity contribution is 5.99. The first-order valence-corrected chi connectivity index (χ1v) is 7.33. The Morgan fingerprint density at radius 1 is 1.40 bits per heavy atom. The first-order valence-electron chi connectivity index (χ1n) is 7.33. The van der Waals surface area contributed by atoms with E-state index in [0.29, 0.717) is 17.6 Å². The van der Waals surface area contributed by atoms with Crippen LogP contribution in [0.2, 0.25) is 0 Å². The Bertz CT molecular complexity index is 502. The number of nitrogens with two attached hydrogens (primary N) is 1. The van der Waals surface area contributed by atoms with Crippen LogP contribution in [0.15, 0.2) is 12.3 Å². The van der Waals surface area contributed by atoms with Crippen molar-refractivity contribution in [3.05, 3.63) is 17.8 Å². The fraction of sp³-hybridized carbons (Fsp3) is 0.643. The van der Waals surface area contributed by atoms with Crippen molar-refractivity contribution in [1.29, 1.82) is 5.41 Å². The van der Waals surface area contributed by atoms with E-state index in [2.05, 4.69) is 26.9 Å². The maximum atomic E-state index is 7.72. The maximum Gasteiger partial charge on any atom is 0.162 e. The van der Waals surface area contributed by atoms with Crippen molar-refractivity contribution < 1.29 is 0 Å². The van der Waals surface area contributed by atoms with Gasteiger partial charge in [0.2, 0.25) is 0 Å². The van der Waals surface area contributed by atoms with Crippen LogP contribution < -0.4 is 10.6 Å². The third-order valence-electron chi connectivity index (χ3n) is 4.45. The molecule has 108 valence electrons. The molecule has 6 nitrogen and oxygen atoms in total. The number of hydrogen-bond acceptors (Lipinski definition) is 5. The van der Waals surface area contributed by atoms with Gasteiger partial charge in [-0.2, -0.15) is 5.10 Å². The molecule has 2 unspecified atom stereocenters. The Hall–Kier alpha value is -1.69. The van der Waals surface area contributed by atoms with Crippen molar-refractivity contribution in [2.45, 2.75) is 38.3 Å². The van der Waals surface area contributed by atoms with Crippen LogP contribution in [0.25, 0.3) is 0 Å². The molecule has 20 heavy (non-hydrogen) atoms. The summed E-state index contributed by atoms with van der Waals surface area (Å²) in [5.41, 5.74) is 6.37. The minimum atomic E-state index is 0.0631. The van der Waals surface area contributed by atoms with Crippen molar-refractivity contribution in [1.82, 2.24) is 15.1 Å². The average Bonchev–Trinajstić information content (AvgIpc) is 2.46. The van der Waals surface area contributed by atoms with E-state index in [1.54, 1.807) is 12.3 Å². The summed E-state index contributed by atoms with van der Waals surface area (Å²) >= 11 is 0. The summed E-state index contributed by atoms with van der Waals surface area (Å²) in [6, 6.07) is 2.76. The number of nitrogens with one attached hydrogen (secondary N) is 1. The first kappa shape index (κ1) is 13.3. The summed E-state index contributed by atoms with van der Waals surface area (Å²) in [6.45, 7) is 5.44. The highest BCUT2D eigenvalue weighted by atomic mass is 15.4. The lowest BCUT2D eigenvalue weighted by atomic mass is 9.97. The smallest absolute Gasteiger partial charge is 0.162 e. The van der Waals surface area contributed by atoms with E-state index in [9.17, 15) is 0 Å². The number of fused-ring (bicyclic) bond motifs is 1. The Kier molecular flexibility index (Phi) is 3.56. The molecule has 2 atom stereocenters. The molecule has 0 radical (unpaired) electrons. The molecule has 2 aliphatic rings. The fourth-order valence-corrected chi connectivity index (χ4v) is 3.39. The summed E-state index contributed by atoms with van der Waals surface area (Å²) in [4.78, 5) is 4.87. The Balaban J connectivity index is 1.88. The van der Waals surface area contributed by atoms with Gasteiger partial charge in [-0.3, -0.25) is 10.3 Å². The van der Waals surface area contributed by atoms with Crippen LogP contribution in [0, 0.1) is 5.41 Å². The van der Waals surface area contributed by atoms with Gasteiger partial charge in [0.15, 0.2) is 5.82 Å². The SMILES string of the molecule is CC1CN2CCCCC2CN1c1nnccc1C(=N)N. The van der Waals surface area contributed by atoms with E-state index >= 15 is 0 Å². The number of anilines is 1. The molecule has 0 saturated carbocycles. The second-order valence-corrected chi connectivity index (χ2v) is 5.83. The highest BCUT2D eigenvalue weighted by Gasteiger charge is 2.34. The summed E-state index contributed by atoms with van der Waals surface area (Å²) < 4.78 is 0. The number of nitrogens with zero attached hydrogens (tertiary/aromatic N) is 4. The standard InChI is InChI=1S/C14H22N6/c1-10-8-19-7-3-2-4-11(19)9-20(10)14-12(13(15)16)5-6-17-18-14/h5-6,10-11H,2-4,7-9H2,1H3,(H3,15,16). The third kappa shape index (κ3) is 2.35. The third-order valence-corrected chi connectivity index (χ3v) is 4.45. The summed E-state index contributed by atoms with van der Waals surface area (Å²) in [7, 11) is 0. The van der Waals surface area contributed by atoms with E-state index in [1.807, 2.05) is 0 Å². The lowest BCUT2D eigenvalue weighted by Crippen LogP contribution is -2.59. The molecule has 3 heterocycles. The van der Waals surface area contributed by atoms with Crippen molar-refractivity contribution in [3.63, 3.8) is 0 Å². The quantitative estimate of drug-likeness (QED) is 0.616. The van der Waals surface area contributed by atoms with E-state index in [0.717, 1.165) is 18.9 Å². The van der Waals surface area contributed by atoms with E-state index in [1.165, 1.54) is 25.8 Å². The fourth-order valence-electron chi connectivity index (χ4n) is 3.39. The van der Waals surface area contributed by atoms with Gasteiger partial charge >= 0.3 is 0 Å². The van der Waals surface area contributed by atoms with E-state index in [4.69, 9.17) is 11.1 Å². The van der Waals surface area contributed by atoms with Gasteiger partial charge in [-0.1, -0.05) is 6.42 Å². The number of rotatable bonds is 2. The molecule has 2 aliphatic heterocycles. The van der Waals surface area contributed by atoms with Gasteiger partial charge in [0.25, 0.3) is 0 Å². The largest absolute Gasteiger partial charge is 0.384 e. The normalized spacial score (nSPS) is 27.1. The zero-order valence-electron chi connectivity index (χ0n) is 11.9. The van der Waals surface area contributed by atoms with Crippen LogP contribution >= 0.6 is 0 Å². The van der Waals surface area contributed by atoms with E-state index in [-0.39, 0.29) is 5.84 Å². The molecule has 0 amide bonds. The van der Waals surface area contributed by atoms with Crippen LogP contribution in [0.5, 0.6) is 0 Å². The molecule has 2 saturated heterocycles. The number of nitrogen functional groups attached to an aromatic ring is 1. The number of amidine groups is 1. The predicted molar refractivity (Wildman–Crippen MR) is 79.1 cm³/mol. The molecule has 3 N–H and O–H groups in total. The van der Waals surface area contributed by atoms with Gasteiger partial charge in [0.1, 0.15) is 5.84 Å². The van der Waals surface area contributed by atoms with Crippen LogP contribution in [0.1, 0.15) is 31.7 Å². The molecule has 2 fully saturated rings. The second-order valence-electron chi connectivity index (χ2n) is 5.83. The number of piperidine rings is 1. The zero-order valence-corrected chi connectivity index (χ0v) is 11.9. The molecule has 6 heteroatoms. The van der Waals surface area contributed by atoms with Crippen molar-refractivity contribution >= 4 is 11.7 Å². The Morgan fingerprint density at radius 3 is 3.05 bits per heavy atom. The van der Waals surface area contributed by atoms with Crippen LogP contribution in [-0.4, -0.2) is 52.7 Å². The van der Waals surface area contributed by atoms with Crippen molar-refractivity contribution in [2.24, 2.45) is 5.73 Å². The van der Waals surface area contributed by atoms with Crippen LogP contribution in [-0.2, 0) is 0 Å². The maximum absolute atomic E-state index is 7.72. The number of piperazine rings is 1. The lowest BCUT2D eigenvalue weighted by molar-refractivity contribution is 0.115. The van der Waals surface area contributed by atoms with Gasteiger partial charge < -0.3 is 10.6 Å². The minimum Gasteiger partial charge on any atom is -0.384 e. The molecule has 0 aliphatic carbocycles. The second kappa shape index (κ2) is 5.36. The topological polar surface area (TPSA) is 82.1 Å². The lowest BCUT2D eigenvalue weighted by Gasteiger charge is -2.48. The molecule has 0 aromatic carbocycles. The number of hydrogen-bond donors (Lipinski definition) is 2. The average molecular weight is 274 g/mol. The van der Waals surface area contributed by atoms with Gasteiger partial charge in [-0.25, -0.2) is 0 Å². The molecule has 0 spiro atoms. The van der Waals surface area contributed by atoms with Crippen molar-refractivity contribution in [2.75, 3.05) is 24.5 Å². The molecular formula is C14H22N6. The van der Waals surface area contributed by atoms with Crippen LogP contribution in [0.4, 0.5) is 5.82 Å². The minimum absolute atomic E-state index is 0.0631. The molecule has 1 aromatic rings. The summed E-state index contributed by atoms with van der Waals surface area (Å²) in [6.07, 6.45) is 5.47. The Morgan fingerprint density at radius 2 is 2.25 bits per heavy atom. The van der Waals surface area contributed by atoms with Crippen LogP contribution in [0.3, 0.4) is 0 Å². The summed E-state index contributed by atoms with van der Waals surface area (Å²) in [5.74, 6) is 0.825. The van der Waals surface area contributed by atoms with Gasteiger partial charge in [-0.15, -0.1) is 5.10 Å². The first-order chi connectivity index (χ1) is 9.66. The Labute approximate surface area is 119 Å². The molecule has 0 bridgehead atoms. The van der Waals surface area contributed by atoms with Gasteiger partial charge in [0.05, 0.1) is 11.8 Å². The van der Waals surface area contributed by atoms with Gasteiger partial charge in [0, 0.05) is 25.2 Å². The summed E-state index contributed by atoms with van der Waals surface area (Å²) in [5, 5.41) is 15.9. The molecule has 1 aromatic heterocycles. The monoisotopic (exact) mass is 274 g/mol. The zero-order chi connectivity index (χ0) is 14.1. The number of aromatic nitrogens is 2. The van der Waals surface area contributed by atoms with Gasteiger partial charge in [-0.05, 0) is 32.4 Å². The molecular weight excluding hydrogens is 252 g/mol. The molecule has 3 rings (SSSR count). The van der Waals surface area contributed by atoms with E-state index < -0.39 is 0 Å². The predicted octanol–water partition coefficient (Wildman–Crippen LogP) is 0.824.